The minimum atomic E-state index is -0.970. The van der Waals surface area contributed by atoms with E-state index in [9.17, 15) is 4.79 Å². The lowest BCUT2D eigenvalue weighted by Gasteiger charge is -2.18. The first-order valence-corrected chi connectivity index (χ1v) is 5.86. The van der Waals surface area contributed by atoms with Gasteiger partial charge in [0, 0.05) is 13.6 Å². The quantitative estimate of drug-likeness (QED) is 0.585. The number of carboxylic acids is 1. The molecular weight excluding hydrogens is 218 g/mol. The number of carbonyl (C=O) groups is 1. The van der Waals surface area contributed by atoms with Crippen LogP contribution in [0.25, 0.3) is 0 Å². The standard InChI is InChI=1S/C13H19NO3/c1-3-4-7-10-14(2)17-12-9-6-5-8-11(12)13(15)16/h5-6,8-9H,3-4,7,10H2,1-2H3,(H,15,16). The van der Waals surface area contributed by atoms with Gasteiger partial charge in [-0.1, -0.05) is 31.9 Å². The predicted octanol–water partition coefficient (Wildman–Crippen LogP) is 2.80. The first-order chi connectivity index (χ1) is 8.15. The normalized spacial score (nSPS) is 10.5. The maximum Gasteiger partial charge on any atom is 0.339 e. The Bertz CT molecular complexity index is 365. The number of hydroxylamine groups is 2. The zero-order valence-corrected chi connectivity index (χ0v) is 10.3. The fraction of sp³-hybridized carbons (Fsp3) is 0.462. The molecule has 0 heterocycles. The second kappa shape index (κ2) is 6.91. The number of carboxylic acid groups (broad SMARTS) is 1. The summed E-state index contributed by atoms with van der Waals surface area (Å²) in [5.41, 5.74) is 0.190. The van der Waals surface area contributed by atoms with E-state index in [1.807, 2.05) is 7.05 Å². The maximum atomic E-state index is 11.0. The largest absolute Gasteiger partial charge is 0.478 e. The molecule has 17 heavy (non-hydrogen) atoms. The van der Waals surface area contributed by atoms with Gasteiger partial charge >= 0.3 is 5.97 Å². The molecule has 1 rings (SSSR count). The van der Waals surface area contributed by atoms with E-state index >= 15 is 0 Å². The number of hydrogen-bond acceptors (Lipinski definition) is 3. The zero-order valence-electron chi connectivity index (χ0n) is 10.3. The Kier molecular flexibility index (Phi) is 5.49. The van der Waals surface area contributed by atoms with Gasteiger partial charge in [-0.15, -0.1) is 5.06 Å². The molecule has 0 saturated carbocycles. The van der Waals surface area contributed by atoms with Gasteiger partial charge in [0.25, 0.3) is 0 Å². The van der Waals surface area contributed by atoms with Crippen molar-refractivity contribution in [2.24, 2.45) is 0 Å². The van der Waals surface area contributed by atoms with Gasteiger partial charge in [-0.3, -0.25) is 0 Å². The van der Waals surface area contributed by atoms with Gasteiger partial charge in [-0.25, -0.2) is 4.79 Å². The molecular formula is C13H19NO3. The molecule has 0 saturated heterocycles. The van der Waals surface area contributed by atoms with E-state index in [1.54, 1.807) is 23.3 Å². The van der Waals surface area contributed by atoms with E-state index in [2.05, 4.69) is 6.92 Å². The van der Waals surface area contributed by atoms with Crippen LogP contribution in [0.5, 0.6) is 5.75 Å². The molecule has 0 bridgehead atoms. The van der Waals surface area contributed by atoms with E-state index in [0.29, 0.717) is 5.75 Å². The summed E-state index contributed by atoms with van der Waals surface area (Å²) in [7, 11) is 1.81. The van der Waals surface area contributed by atoms with Gasteiger partial charge in [0.2, 0.25) is 0 Å². The van der Waals surface area contributed by atoms with Gasteiger partial charge in [0.05, 0.1) is 0 Å². The van der Waals surface area contributed by atoms with Gasteiger partial charge in [0.1, 0.15) is 5.56 Å². The number of nitrogens with zero attached hydrogens (tertiary/aromatic N) is 1. The Hall–Kier alpha value is -1.55. The Balaban J connectivity index is 2.58. The lowest BCUT2D eigenvalue weighted by Crippen LogP contribution is -2.24. The first-order valence-electron chi connectivity index (χ1n) is 5.86. The third-order valence-electron chi connectivity index (χ3n) is 2.45. The van der Waals surface area contributed by atoms with Crippen molar-refractivity contribution >= 4 is 5.97 Å². The van der Waals surface area contributed by atoms with Crippen LogP contribution < -0.4 is 4.84 Å². The van der Waals surface area contributed by atoms with Crippen molar-refractivity contribution in [3.05, 3.63) is 29.8 Å². The van der Waals surface area contributed by atoms with Crippen LogP contribution in [0.1, 0.15) is 36.5 Å². The van der Waals surface area contributed by atoms with Crippen LogP contribution in [0.15, 0.2) is 24.3 Å². The monoisotopic (exact) mass is 237 g/mol. The van der Waals surface area contributed by atoms with Gasteiger partial charge < -0.3 is 9.94 Å². The van der Waals surface area contributed by atoms with E-state index in [4.69, 9.17) is 9.94 Å². The predicted molar refractivity (Wildman–Crippen MR) is 66.2 cm³/mol. The zero-order chi connectivity index (χ0) is 12.7. The van der Waals surface area contributed by atoms with Crippen molar-refractivity contribution in [2.45, 2.75) is 26.2 Å². The molecule has 0 atom stereocenters. The summed E-state index contributed by atoms with van der Waals surface area (Å²) in [5.74, 6) is -0.582. The molecule has 0 spiro atoms. The molecule has 0 amide bonds. The second-order valence-electron chi connectivity index (χ2n) is 3.95. The number of benzene rings is 1. The summed E-state index contributed by atoms with van der Waals surface area (Å²) in [6.07, 6.45) is 3.34. The summed E-state index contributed by atoms with van der Waals surface area (Å²) in [6.45, 7) is 2.93. The number of rotatable bonds is 7. The van der Waals surface area contributed by atoms with Crippen LogP contribution in [0.2, 0.25) is 0 Å². The molecule has 4 nitrogen and oxygen atoms in total. The average molecular weight is 237 g/mol. The van der Waals surface area contributed by atoms with Gasteiger partial charge in [0.15, 0.2) is 5.75 Å². The van der Waals surface area contributed by atoms with E-state index < -0.39 is 5.97 Å². The van der Waals surface area contributed by atoms with Crippen LogP contribution in [0.3, 0.4) is 0 Å². The number of unbranched alkanes of at least 4 members (excludes halogenated alkanes) is 2. The molecule has 0 aliphatic rings. The van der Waals surface area contributed by atoms with Crippen molar-refractivity contribution in [1.82, 2.24) is 5.06 Å². The van der Waals surface area contributed by atoms with Crippen molar-refractivity contribution < 1.29 is 14.7 Å². The average Bonchev–Trinajstić information content (AvgIpc) is 2.29. The first kappa shape index (κ1) is 13.5. The molecule has 0 radical (unpaired) electrons. The maximum absolute atomic E-state index is 11.0. The highest BCUT2D eigenvalue weighted by molar-refractivity contribution is 5.90. The fourth-order valence-corrected chi connectivity index (χ4v) is 1.52. The smallest absolute Gasteiger partial charge is 0.339 e. The highest BCUT2D eigenvalue weighted by Crippen LogP contribution is 2.18. The molecule has 94 valence electrons. The van der Waals surface area contributed by atoms with Crippen LogP contribution in [-0.4, -0.2) is 29.7 Å². The molecule has 4 heteroatoms. The van der Waals surface area contributed by atoms with Crippen LogP contribution in [0.4, 0.5) is 0 Å². The minimum absolute atomic E-state index is 0.190. The third kappa shape index (κ3) is 4.44. The minimum Gasteiger partial charge on any atom is -0.478 e. The summed E-state index contributed by atoms with van der Waals surface area (Å²) in [4.78, 5) is 16.5. The summed E-state index contributed by atoms with van der Waals surface area (Å²) in [6, 6.07) is 6.66. The fourth-order valence-electron chi connectivity index (χ4n) is 1.52. The second-order valence-corrected chi connectivity index (χ2v) is 3.95. The summed E-state index contributed by atoms with van der Waals surface area (Å²) in [5, 5.41) is 10.7. The lowest BCUT2D eigenvalue weighted by molar-refractivity contribution is -0.0336. The van der Waals surface area contributed by atoms with Gasteiger partial charge in [-0.2, -0.15) is 0 Å². The Morgan fingerprint density at radius 2 is 2.06 bits per heavy atom. The molecule has 1 N–H and O–H groups in total. The number of aromatic carboxylic acids is 1. The topological polar surface area (TPSA) is 49.8 Å². The SMILES string of the molecule is CCCCCN(C)Oc1ccccc1C(=O)O. The van der Waals surface area contributed by atoms with Crippen molar-refractivity contribution in [3.63, 3.8) is 0 Å². The lowest BCUT2D eigenvalue weighted by atomic mass is 10.2. The van der Waals surface area contributed by atoms with Crippen LogP contribution >= 0.6 is 0 Å². The highest BCUT2D eigenvalue weighted by atomic mass is 16.7. The van der Waals surface area contributed by atoms with E-state index in [-0.39, 0.29) is 5.56 Å². The highest BCUT2D eigenvalue weighted by Gasteiger charge is 2.11. The van der Waals surface area contributed by atoms with Crippen molar-refractivity contribution in [1.29, 1.82) is 0 Å². The Morgan fingerprint density at radius 1 is 1.35 bits per heavy atom. The molecule has 1 aromatic carbocycles. The van der Waals surface area contributed by atoms with Crippen molar-refractivity contribution in [2.75, 3.05) is 13.6 Å². The summed E-state index contributed by atoms with van der Waals surface area (Å²) < 4.78 is 0. The molecule has 1 aromatic rings. The van der Waals surface area contributed by atoms with Crippen LogP contribution in [-0.2, 0) is 0 Å². The number of hydrogen-bond donors (Lipinski definition) is 1. The molecule has 0 aliphatic carbocycles. The van der Waals surface area contributed by atoms with Crippen LogP contribution in [0, 0.1) is 0 Å². The third-order valence-corrected chi connectivity index (χ3v) is 2.45. The molecule has 0 unspecified atom stereocenters. The Morgan fingerprint density at radius 3 is 2.71 bits per heavy atom. The Labute approximate surface area is 102 Å². The number of para-hydroxylation sites is 1. The summed E-state index contributed by atoms with van der Waals surface area (Å²) >= 11 is 0. The molecule has 0 aliphatic heterocycles. The molecule has 0 aromatic heterocycles. The van der Waals surface area contributed by atoms with E-state index in [0.717, 1.165) is 25.8 Å². The van der Waals surface area contributed by atoms with Gasteiger partial charge in [-0.05, 0) is 18.6 Å². The van der Waals surface area contributed by atoms with E-state index in [1.165, 1.54) is 6.07 Å². The molecule has 0 fully saturated rings. The van der Waals surface area contributed by atoms with Crippen molar-refractivity contribution in [3.8, 4) is 5.75 Å².